The third-order valence-electron chi connectivity index (χ3n) is 6.51. The van der Waals surface area contributed by atoms with Crippen molar-refractivity contribution in [2.45, 2.75) is 117 Å². The number of nitrogens with zero attached hydrogens (tertiary/aromatic N) is 1. The lowest BCUT2D eigenvalue weighted by Crippen LogP contribution is -2.52. The SMILES string of the molecule is CC(C)N(C(=O)O/C=C\[C@@H](CCOC1CCCCO1)[C@@H]1OC(C)(C)O[C@H](CCO)[C@@H]1C)C(C)C. The average molecular weight is 486 g/mol. The molecule has 0 spiro atoms. The van der Waals surface area contributed by atoms with E-state index in [1.165, 1.54) is 6.26 Å². The molecule has 8 nitrogen and oxygen atoms in total. The van der Waals surface area contributed by atoms with Crippen LogP contribution in [0.5, 0.6) is 0 Å². The van der Waals surface area contributed by atoms with E-state index in [0.29, 0.717) is 19.4 Å². The number of aliphatic hydroxyl groups is 1. The fourth-order valence-corrected chi connectivity index (χ4v) is 4.90. The van der Waals surface area contributed by atoms with Gasteiger partial charge in [-0.3, -0.25) is 0 Å². The second-order valence-corrected chi connectivity index (χ2v) is 10.4. The Bertz CT molecular complexity index is 623. The molecule has 2 heterocycles. The molecule has 0 bridgehead atoms. The van der Waals surface area contributed by atoms with Crippen molar-refractivity contribution in [3.05, 3.63) is 12.3 Å². The highest BCUT2D eigenvalue weighted by Gasteiger charge is 2.43. The molecule has 0 aliphatic carbocycles. The van der Waals surface area contributed by atoms with E-state index in [9.17, 15) is 9.90 Å². The van der Waals surface area contributed by atoms with Crippen molar-refractivity contribution in [3.8, 4) is 0 Å². The maximum atomic E-state index is 12.6. The van der Waals surface area contributed by atoms with Crippen molar-refractivity contribution in [1.29, 1.82) is 0 Å². The fourth-order valence-electron chi connectivity index (χ4n) is 4.90. The first-order valence-electron chi connectivity index (χ1n) is 12.9. The van der Waals surface area contributed by atoms with Crippen molar-refractivity contribution >= 4 is 6.09 Å². The topological polar surface area (TPSA) is 86.7 Å². The molecule has 1 amide bonds. The van der Waals surface area contributed by atoms with E-state index in [4.69, 9.17) is 23.7 Å². The van der Waals surface area contributed by atoms with Gasteiger partial charge in [0.15, 0.2) is 12.1 Å². The standard InChI is InChI=1S/C26H47NO7/c1-18(2)27(19(3)4)25(29)32-17-13-21(12-16-31-23-10-8-9-15-30-23)24-20(5)22(11-14-28)33-26(6,7)34-24/h13,17-24,28H,8-12,14-16H2,1-7H3/b17-13-/t20-,21+,22+,23?,24+/m0/s1. The van der Waals surface area contributed by atoms with Crippen molar-refractivity contribution in [1.82, 2.24) is 4.90 Å². The minimum atomic E-state index is -0.779. The first-order chi connectivity index (χ1) is 16.1. The second kappa shape index (κ2) is 13.8. The first kappa shape index (κ1) is 29.0. The summed E-state index contributed by atoms with van der Waals surface area (Å²) in [4.78, 5) is 14.3. The average Bonchev–Trinajstić information content (AvgIpc) is 2.75. The summed E-state index contributed by atoms with van der Waals surface area (Å²) in [6.07, 6.45) is 6.88. The number of ether oxygens (including phenoxy) is 5. The zero-order valence-corrected chi connectivity index (χ0v) is 22.2. The molecule has 0 aromatic rings. The van der Waals surface area contributed by atoms with Gasteiger partial charge in [-0.15, -0.1) is 0 Å². The number of carbonyl (C=O) groups is 1. The Labute approximate surface area is 205 Å². The zero-order valence-electron chi connectivity index (χ0n) is 22.2. The molecule has 0 aromatic heterocycles. The molecule has 2 fully saturated rings. The predicted octanol–water partition coefficient (Wildman–Crippen LogP) is 4.84. The van der Waals surface area contributed by atoms with Crippen LogP contribution in [0.25, 0.3) is 0 Å². The van der Waals surface area contributed by atoms with E-state index in [1.807, 2.05) is 47.6 Å². The van der Waals surface area contributed by atoms with Crippen molar-refractivity contribution in [2.24, 2.45) is 11.8 Å². The van der Waals surface area contributed by atoms with E-state index in [2.05, 4.69) is 6.92 Å². The molecule has 0 aromatic carbocycles. The van der Waals surface area contributed by atoms with Crippen LogP contribution in [0.2, 0.25) is 0 Å². The maximum Gasteiger partial charge on any atom is 0.415 e. The summed E-state index contributed by atoms with van der Waals surface area (Å²) >= 11 is 0. The lowest BCUT2D eigenvalue weighted by Gasteiger charge is -2.47. The summed E-state index contributed by atoms with van der Waals surface area (Å²) in [5.41, 5.74) is 0. The van der Waals surface area contributed by atoms with Crippen LogP contribution < -0.4 is 0 Å². The van der Waals surface area contributed by atoms with Gasteiger partial charge in [0.2, 0.25) is 0 Å². The summed E-state index contributed by atoms with van der Waals surface area (Å²) in [5, 5.41) is 9.53. The van der Waals surface area contributed by atoms with Crippen LogP contribution in [-0.4, -0.2) is 72.3 Å². The summed E-state index contributed by atoms with van der Waals surface area (Å²) in [6, 6.07) is 0.0824. The van der Waals surface area contributed by atoms with Crippen molar-refractivity contribution in [2.75, 3.05) is 19.8 Å². The predicted molar refractivity (Wildman–Crippen MR) is 130 cm³/mol. The third kappa shape index (κ3) is 8.79. The molecular formula is C26H47NO7. The molecule has 0 radical (unpaired) electrons. The van der Waals surface area contributed by atoms with Gasteiger partial charge in [-0.25, -0.2) is 4.79 Å². The summed E-state index contributed by atoms with van der Waals surface area (Å²) < 4.78 is 29.7. The molecule has 5 atom stereocenters. The summed E-state index contributed by atoms with van der Waals surface area (Å²) in [5.74, 6) is -0.805. The van der Waals surface area contributed by atoms with Crippen LogP contribution in [0.4, 0.5) is 4.79 Å². The van der Waals surface area contributed by atoms with Crippen LogP contribution in [0.15, 0.2) is 12.3 Å². The van der Waals surface area contributed by atoms with Gasteiger partial charge in [0.25, 0.3) is 0 Å². The van der Waals surface area contributed by atoms with Crippen LogP contribution in [0, 0.1) is 11.8 Å². The van der Waals surface area contributed by atoms with Crippen LogP contribution in [0.1, 0.15) is 80.6 Å². The minimum Gasteiger partial charge on any atom is -0.418 e. The third-order valence-corrected chi connectivity index (χ3v) is 6.51. The van der Waals surface area contributed by atoms with E-state index >= 15 is 0 Å². The summed E-state index contributed by atoms with van der Waals surface area (Å²) in [7, 11) is 0. The highest BCUT2D eigenvalue weighted by molar-refractivity contribution is 5.68. The Morgan fingerprint density at radius 1 is 1.18 bits per heavy atom. The Morgan fingerprint density at radius 3 is 2.47 bits per heavy atom. The monoisotopic (exact) mass is 485 g/mol. The molecule has 0 saturated carbocycles. The Kier molecular flexibility index (Phi) is 11.8. The highest BCUT2D eigenvalue weighted by Crippen LogP contribution is 2.37. The van der Waals surface area contributed by atoms with Crippen molar-refractivity contribution < 1.29 is 33.6 Å². The van der Waals surface area contributed by atoms with Gasteiger partial charge in [0.05, 0.1) is 25.1 Å². The largest absolute Gasteiger partial charge is 0.418 e. The lowest BCUT2D eigenvalue weighted by atomic mass is 9.84. The molecular weight excluding hydrogens is 438 g/mol. The molecule has 2 aliphatic rings. The van der Waals surface area contributed by atoms with Gasteiger partial charge in [-0.2, -0.15) is 0 Å². The van der Waals surface area contributed by atoms with Crippen LogP contribution in [0.3, 0.4) is 0 Å². The Hall–Kier alpha value is -1.19. The molecule has 2 rings (SSSR count). The molecule has 8 heteroatoms. The number of aliphatic hydroxyl groups excluding tert-OH is 1. The molecule has 198 valence electrons. The minimum absolute atomic E-state index is 0.0410. The van der Waals surface area contributed by atoms with Crippen LogP contribution >= 0.6 is 0 Å². The van der Waals surface area contributed by atoms with E-state index in [-0.39, 0.29) is 55.1 Å². The summed E-state index contributed by atoms with van der Waals surface area (Å²) in [6.45, 7) is 15.1. The Morgan fingerprint density at radius 2 is 1.88 bits per heavy atom. The first-order valence-corrected chi connectivity index (χ1v) is 12.9. The fraction of sp³-hybridized carbons (Fsp3) is 0.885. The second-order valence-electron chi connectivity index (χ2n) is 10.4. The number of rotatable bonds is 11. The molecule has 1 N–H and O–H groups in total. The van der Waals surface area contributed by atoms with E-state index in [1.54, 1.807) is 4.90 Å². The highest BCUT2D eigenvalue weighted by atomic mass is 16.7. The zero-order chi connectivity index (χ0) is 25.3. The molecule has 34 heavy (non-hydrogen) atoms. The van der Waals surface area contributed by atoms with Crippen molar-refractivity contribution in [3.63, 3.8) is 0 Å². The molecule has 2 saturated heterocycles. The number of hydrogen-bond acceptors (Lipinski definition) is 7. The van der Waals surface area contributed by atoms with Gasteiger partial charge in [0, 0.05) is 37.1 Å². The smallest absolute Gasteiger partial charge is 0.415 e. The number of carbonyl (C=O) groups excluding carboxylic acids is 1. The van der Waals surface area contributed by atoms with Gasteiger partial charge in [-0.05, 0) is 79.7 Å². The van der Waals surface area contributed by atoms with Gasteiger partial charge >= 0.3 is 6.09 Å². The maximum absolute atomic E-state index is 12.6. The van der Waals surface area contributed by atoms with E-state index in [0.717, 1.165) is 25.9 Å². The van der Waals surface area contributed by atoms with Gasteiger partial charge in [-0.1, -0.05) is 6.92 Å². The van der Waals surface area contributed by atoms with Gasteiger partial charge < -0.3 is 33.7 Å². The lowest BCUT2D eigenvalue weighted by molar-refractivity contribution is -0.327. The van der Waals surface area contributed by atoms with Crippen LogP contribution in [-0.2, 0) is 23.7 Å². The Balaban J connectivity index is 2.12. The quantitative estimate of drug-likeness (QED) is 0.419. The molecule has 2 aliphatic heterocycles. The number of hydrogen-bond donors (Lipinski definition) is 1. The molecule has 1 unspecified atom stereocenters. The van der Waals surface area contributed by atoms with Gasteiger partial charge in [0.1, 0.15) is 0 Å². The normalized spacial score (nSPS) is 28.4. The van der Waals surface area contributed by atoms with E-state index < -0.39 is 5.79 Å². The number of amides is 1.